The number of ketones is 1. The van der Waals surface area contributed by atoms with Crippen molar-refractivity contribution in [1.29, 1.82) is 0 Å². The average Bonchev–Trinajstić information content (AvgIpc) is 3.39. The molecule has 0 saturated heterocycles. The van der Waals surface area contributed by atoms with Crippen molar-refractivity contribution in [3.8, 4) is 0 Å². The van der Waals surface area contributed by atoms with Gasteiger partial charge in [0.15, 0.2) is 5.82 Å². The Morgan fingerprint density at radius 1 is 1.21 bits per heavy atom. The van der Waals surface area contributed by atoms with Crippen LogP contribution in [0.4, 0.5) is 14.5 Å². The molecule has 3 heterocycles. The Morgan fingerprint density at radius 3 is 2.65 bits per heavy atom. The Labute approximate surface area is 195 Å². The number of aromatic amines is 1. The fraction of sp³-hybridized carbons (Fsp3) is 0.0952. The standard InChI is InChI=1S/C21H14ClF2N3O6S/c1-9-11(21(29)32-2)6-16(33-9)34(30,31)27-15-4-3-14(23)17(18(15)24)19(28)13-8-26-20-12(13)5-10(22)7-25-20/h3-8,27H,1-2H3,(H,25,26). The molecule has 2 N–H and O–H groups in total. The molecular formula is C21H14ClF2N3O6S. The molecule has 1 aromatic carbocycles. The van der Waals surface area contributed by atoms with Crippen LogP contribution < -0.4 is 4.72 Å². The van der Waals surface area contributed by atoms with E-state index in [0.717, 1.165) is 25.3 Å². The minimum absolute atomic E-state index is 0.0470. The first kappa shape index (κ1) is 23.4. The Kier molecular flexibility index (Phi) is 5.87. The topological polar surface area (TPSA) is 131 Å². The lowest BCUT2D eigenvalue weighted by Crippen LogP contribution is -2.16. The number of anilines is 1. The molecule has 0 atom stereocenters. The molecule has 9 nitrogen and oxygen atoms in total. The number of hydrogen-bond donors (Lipinski definition) is 2. The second-order valence-electron chi connectivity index (χ2n) is 7.00. The summed E-state index contributed by atoms with van der Waals surface area (Å²) in [5, 5.41) is -0.285. The normalized spacial score (nSPS) is 11.6. The molecule has 13 heteroatoms. The van der Waals surface area contributed by atoms with Crippen LogP contribution in [0.15, 0.2) is 46.2 Å². The van der Waals surface area contributed by atoms with Gasteiger partial charge in [-0.3, -0.25) is 9.52 Å². The quantitative estimate of drug-likeness (QED) is 0.294. The van der Waals surface area contributed by atoms with Crippen LogP contribution in [0.1, 0.15) is 32.0 Å². The molecule has 0 spiro atoms. The van der Waals surface area contributed by atoms with Gasteiger partial charge in [0.1, 0.15) is 22.8 Å². The van der Waals surface area contributed by atoms with Crippen LogP contribution in [0.3, 0.4) is 0 Å². The van der Waals surface area contributed by atoms with Crippen LogP contribution in [0, 0.1) is 18.6 Å². The van der Waals surface area contributed by atoms with Crippen molar-refractivity contribution in [2.24, 2.45) is 0 Å². The van der Waals surface area contributed by atoms with E-state index in [1.54, 1.807) is 0 Å². The van der Waals surface area contributed by atoms with Crippen LogP contribution in [0.5, 0.6) is 0 Å². The Balaban J connectivity index is 1.74. The highest BCUT2D eigenvalue weighted by atomic mass is 35.5. The summed E-state index contributed by atoms with van der Waals surface area (Å²) in [7, 11) is -3.46. The summed E-state index contributed by atoms with van der Waals surface area (Å²) in [6.07, 6.45) is 2.54. The highest BCUT2D eigenvalue weighted by Crippen LogP contribution is 2.29. The SMILES string of the molecule is COC(=O)c1cc(S(=O)(=O)Nc2ccc(F)c(C(=O)c3c[nH]c4ncc(Cl)cc34)c2F)oc1C. The second-order valence-corrected chi connectivity index (χ2v) is 9.05. The number of halogens is 3. The molecule has 4 aromatic rings. The molecule has 0 bridgehead atoms. The molecule has 0 unspecified atom stereocenters. The van der Waals surface area contributed by atoms with Crippen molar-refractivity contribution >= 4 is 50.1 Å². The number of ether oxygens (including phenoxy) is 1. The fourth-order valence-corrected chi connectivity index (χ4v) is 4.45. The van der Waals surface area contributed by atoms with Gasteiger partial charge in [-0.2, -0.15) is 8.42 Å². The first-order valence-corrected chi connectivity index (χ1v) is 11.3. The molecule has 0 aliphatic rings. The van der Waals surface area contributed by atoms with E-state index < -0.39 is 49.8 Å². The van der Waals surface area contributed by atoms with Gasteiger partial charge in [0.2, 0.25) is 10.9 Å². The number of rotatable bonds is 6. The number of pyridine rings is 1. The lowest BCUT2D eigenvalue weighted by atomic mass is 10.0. The van der Waals surface area contributed by atoms with E-state index >= 15 is 4.39 Å². The van der Waals surface area contributed by atoms with Gasteiger partial charge in [-0.05, 0) is 25.1 Å². The number of furan rings is 1. The number of benzene rings is 1. The van der Waals surface area contributed by atoms with Crippen molar-refractivity contribution in [1.82, 2.24) is 9.97 Å². The zero-order valence-corrected chi connectivity index (χ0v) is 19.0. The van der Waals surface area contributed by atoms with Crippen LogP contribution in [0.2, 0.25) is 5.02 Å². The zero-order chi connectivity index (χ0) is 24.8. The predicted molar refractivity (Wildman–Crippen MR) is 116 cm³/mol. The van der Waals surface area contributed by atoms with Gasteiger partial charge in [-0.15, -0.1) is 0 Å². The van der Waals surface area contributed by atoms with Gasteiger partial charge >= 0.3 is 5.97 Å². The fourth-order valence-electron chi connectivity index (χ4n) is 3.23. The van der Waals surface area contributed by atoms with E-state index in [0.29, 0.717) is 0 Å². The molecule has 0 fully saturated rings. The summed E-state index contributed by atoms with van der Waals surface area (Å²) in [5.74, 6) is -4.61. The average molecular weight is 510 g/mol. The molecule has 34 heavy (non-hydrogen) atoms. The first-order chi connectivity index (χ1) is 16.0. The number of fused-ring (bicyclic) bond motifs is 1. The van der Waals surface area contributed by atoms with Gasteiger partial charge in [0, 0.05) is 29.4 Å². The molecule has 0 amide bonds. The zero-order valence-electron chi connectivity index (χ0n) is 17.4. The predicted octanol–water partition coefficient (Wildman–Crippen LogP) is 4.21. The third kappa shape index (κ3) is 4.01. The number of esters is 1. The third-order valence-corrected chi connectivity index (χ3v) is 6.30. The first-order valence-electron chi connectivity index (χ1n) is 9.40. The summed E-state index contributed by atoms with van der Waals surface area (Å²) < 4.78 is 66.7. The Morgan fingerprint density at radius 2 is 1.94 bits per heavy atom. The van der Waals surface area contributed by atoms with E-state index in [-0.39, 0.29) is 32.9 Å². The molecule has 0 aliphatic heterocycles. The minimum atomic E-state index is -4.56. The maximum Gasteiger partial charge on any atom is 0.341 e. The monoisotopic (exact) mass is 509 g/mol. The summed E-state index contributed by atoms with van der Waals surface area (Å²) in [4.78, 5) is 31.4. The molecule has 0 saturated carbocycles. The van der Waals surface area contributed by atoms with Crippen LogP contribution >= 0.6 is 11.6 Å². The van der Waals surface area contributed by atoms with Crippen molar-refractivity contribution < 1.29 is 35.9 Å². The number of hydrogen-bond acceptors (Lipinski definition) is 7. The molecule has 4 rings (SSSR count). The van der Waals surface area contributed by atoms with E-state index in [1.165, 1.54) is 25.4 Å². The molecule has 3 aromatic heterocycles. The number of nitrogens with one attached hydrogen (secondary N) is 2. The number of nitrogens with zero attached hydrogens (tertiary/aromatic N) is 1. The van der Waals surface area contributed by atoms with Gasteiger partial charge < -0.3 is 14.1 Å². The van der Waals surface area contributed by atoms with Gasteiger partial charge in [0.05, 0.1) is 23.4 Å². The summed E-state index contributed by atoms with van der Waals surface area (Å²) in [5.41, 5.74) is -1.71. The van der Waals surface area contributed by atoms with Crippen molar-refractivity contribution in [3.63, 3.8) is 0 Å². The summed E-state index contributed by atoms with van der Waals surface area (Å²) in [6.45, 7) is 1.34. The molecule has 0 aliphatic carbocycles. The minimum Gasteiger partial charge on any atom is -0.465 e. The number of methoxy groups -OCH3 is 1. The lowest BCUT2D eigenvalue weighted by Gasteiger charge is -2.10. The summed E-state index contributed by atoms with van der Waals surface area (Å²) >= 11 is 5.91. The maximum absolute atomic E-state index is 15.2. The highest BCUT2D eigenvalue weighted by Gasteiger charge is 2.29. The van der Waals surface area contributed by atoms with Crippen LogP contribution in [-0.4, -0.2) is 37.2 Å². The van der Waals surface area contributed by atoms with Crippen molar-refractivity contribution in [2.45, 2.75) is 12.0 Å². The largest absolute Gasteiger partial charge is 0.465 e. The Bertz CT molecular complexity index is 1580. The van der Waals surface area contributed by atoms with Crippen LogP contribution in [-0.2, 0) is 14.8 Å². The number of carbonyl (C=O) groups excluding carboxylic acids is 2. The molecule has 0 radical (unpaired) electrons. The van der Waals surface area contributed by atoms with E-state index in [9.17, 15) is 22.4 Å². The van der Waals surface area contributed by atoms with Gasteiger partial charge in [0.25, 0.3) is 10.0 Å². The third-order valence-electron chi connectivity index (χ3n) is 4.87. The molecular weight excluding hydrogens is 496 g/mol. The number of aromatic nitrogens is 2. The van der Waals surface area contributed by atoms with E-state index in [2.05, 4.69) is 14.7 Å². The van der Waals surface area contributed by atoms with Crippen molar-refractivity contribution in [3.05, 3.63) is 75.8 Å². The lowest BCUT2D eigenvalue weighted by molar-refractivity contribution is 0.0598. The smallest absolute Gasteiger partial charge is 0.341 e. The van der Waals surface area contributed by atoms with E-state index in [1.807, 2.05) is 4.72 Å². The maximum atomic E-state index is 15.2. The molecule has 176 valence electrons. The Hall–Kier alpha value is -3.77. The van der Waals surface area contributed by atoms with Crippen molar-refractivity contribution in [2.75, 3.05) is 11.8 Å². The van der Waals surface area contributed by atoms with Crippen LogP contribution in [0.25, 0.3) is 11.0 Å². The van der Waals surface area contributed by atoms with E-state index in [4.69, 9.17) is 16.0 Å². The second kappa shape index (κ2) is 8.54. The number of sulfonamides is 1. The number of carbonyl (C=O) groups is 2. The van der Waals surface area contributed by atoms with Gasteiger partial charge in [-0.1, -0.05) is 11.6 Å². The number of H-pyrrole nitrogens is 1. The summed E-state index contributed by atoms with van der Waals surface area (Å²) in [6, 6.07) is 3.85. The highest BCUT2D eigenvalue weighted by molar-refractivity contribution is 7.92. The van der Waals surface area contributed by atoms with Gasteiger partial charge in [-0.25, -0.2) is 18.6 Å². The number of aryl methyl sites for hydroxylation is 1.